The largest absolute Gasteiger partial charge is 0.473 e. The Kier molecular flexibility index (Phi) is 6.50. The molecule has 2 heterocycles. The predicted molar refractivity (Wildman–Crippen MR) is 112 cm³/mol. The molecular formula is C22H31N5O3. The molecule has 0 spiro atoms. The lowest BCUT2D eigenvalue weighted by atomic mass is 9.98. The SMILES string of the molecule is CN(C(=O)OCc1c(-c2cnc(OC3CCCCC3)cn2)cnn1C)C1CCCC1. The summed E-state index contributed by atoms with van der Waals surface area (Å²) in [6, 6.07) is 0.283. The molecule has 0 aliphatic heterocycles. The topological polar surface area (TPSA) is 82.4 Å². The number of aromatic nitrogens is 4. The molecule has 0 atom stereocenters. The average Bonchev–Trinajstić information content (AvgIpc) is 3.43. The summed E-state index contributed by atoms with van der Waals surface area (Å²) in [4.78, 5) is 23.1. The van der Waals surface area contributed by atoms with Gasteiger partial charge in [0, 0.05) is 25.7 Å². The Balaban J connectivity index is 1.39. The van der Waals surface area contributed by atoms with Crippen LogP contribution in [0.3, 0.4) is 0 Å². The molecule has 8 heteroatoms. The second-order valence-electron chi connectivity index (χ2n) is 8.35. The van der Waals surface area contributed by atoms with Gasteiger partial charge in [-0.15, -0.1) is 0 Å². The van der Waals surface area contributed by atoms with Crippen molar-refractivity contribution >= 4 is 6.09 Å². The third kappa shape index (κ3) is 4.74. The van der Waals surface area contributed by atoms with E-state index in [1.807, 2.05) is 14.1 Å². The average molecular weight is 414 g/mol. The van der Waals surface area contributed by atoms with Crippen molar-refractivity contribution in [1.29, 1.82) is 0 Å². The molecule has 0 bridgehead atoms. The molecule has 0 unspecified atom stereocenters. The maximum Gasteiger partial charge on any atom is 0.410 e. The maximum absolute atomic E-state index is 12.4. The Morgan fingerprint density at radius 1 is 1.07 bits per heavy atom. The van der Waals surface area contributed by atoms with Gasteiger partial charge in [-0.25, -0.2) is 14.8 Å². The fourth-order valence-corrected chi connectivity index (χ4v) is 4.39. The summed E-state index contributed by atoms with van der Waals surface area (Å²) in [7, 11) is 3.65. The van der Waals surface area contributed by atoms with Crippen molar-refractivity contribution in [2.45, 2.75) is 76.5 Å². The highest BCUT2D eigenvalue weighted by Crippen LogP contribution is 2.26. The molecule has 2 aliphatic carbocycles. The van der Waals surface area contributed by atoms with Gasteiger partial charge in [-0.05, 0) is 38.5 Å². The number of ether oxygens (including phenoxy) is 2. The van der Waals surface area contributed by atoms with Gasteiger partial charge < -0.3 is 14.4 Å². The van der Waals surface area contributed by atoms with Gasteiger partial charge in [0.25, 0.3) is 0 Å². The Morgan fingerprint density at radius 2 is 1.80 bits per heavy atom. The molecule has 2 fully saturated rings. The van der Waals surface area contributed by atoms with Crippen LogP contribution in [-0.2, 0) is 18.4 Å². The lowest BCUT2D eigenvalue weighted by Crippen LogP contribution is -2.35. The van der Waals surface area contributed by atoms with E-state index < -0.39 is 0 Å². The molecule has 0 N–H and O–H groups in total. The lowest BCUT2D eigenvalue weighted by molar-refractivity contribution is 0.0899. The van der Waals surface area contributed by atoms with Gasteiger partial charge in [0.1, 0.15) is 12.7 Å². The quantitative estimate of drug-likeness (QED) is 0.709. The van der Waals surface area contributed by atoms with Crippen molar-refractivity contribution in [1.82, 2.24) is 24.6 Å². The van der Waals surface area contributed by atoms with Gasteiger partial charge in [-0.2, -0.15) is 5.10 Å². The Hall–Kier alpha value is -2.64. The third-order valence-electron chi connectivity index (χ3n) is 6.30. The standard InChI is InChI=1S/C22H31N5O3/c1-26(16-8-6-7-9-16)22(28)29-15-20-18(12-25-27(20)2)19-13-24-21(14-23-19)30-17-10-4-3-5-11-17/h12-14,16-17H,3-11,15H2,1-2H3. The monoisotopic (exact) mass is 413 g/mol. The molecule has 2 aliphatic rings. The summed E-state index contributed by atoms with van der Waals surface area (Å²) >= 11 is 0. The van der Waals surface area contributed by atoms with Gasteiger partial charge >= 0.3 is 6.09 Å². The second kappa shape index (κ2) is 9.45. The van der Waals surface area contributed by atoms with Crippen LogP contribution in [0.15, 0.2) is 18.6 Å². The van der Waals surface area contributed by atoms with Crippen molar-refractivity contribution in [3.63, 3.8) is 0 Å². The number of aryl methyl sites for hydroxylation is 1. The summed E-state index contributed by atoms with van der Waals surface area (Å²) in [6.07, 6.45) is 15.4. The zero-order chi connectivity index (χ0) is 20.9. The van der Waals surface area contributed by atoms with E-state index in [4.69, 9.17) is 9.47 Å². The number of carbonyl (C=O) groups excluding carboxylic acids is 1. The second-order valence-corrected chi connectivity index (χ2v) is 8.35. The number of hydrogen-bond donors (Lipinski definition) is 0. The highest BCUT2D eigenvalue weighted by atomic mass is 16.6. The molecular weight excluding hydrogens is 382 g/mol. The van der Waals surface area contributed by atoms with E-state index in [-0.39, 0.29) is 24.8 Å². The molecule has 0 aromatic carbocycles. The van der Waals surface area contributed by atoms with Crippen LogP contribution < -0.4 is 4.74 Å². The smallest absolute Gasteiger partial charge is 0.410 e. The van der Waals surface area contributed by atoms with Gasteiger partial charge in [-0.1, -0.05) is 19.3 Å². The van der Waals surface area contributed by atoms with Crippen LogP contribution in [0, 0.1) is 0 Å². The van der Waals surface area contributed by atoms with E-state index in [2.05, 4.69) is 15.1 Å². The number of hydrogen-bond acceptors (Lipinski definition) is 6. The Bertz CT molecular complexity index is 839. The van der Waals surface area contributed by atoms with E-state index >= 15 is 0 Å². The molecule has 2 saturated carbocycles. The van der Waals surface area contributed by atoms with Gasteiger partial charge in [0.05, 0.1) is 30.0 Å². The van der Waals surface area contributed by atoms with E-state index in [1.54, 1.807) is 28.2 Å². The minimum absolute atomic E-state index is 0.143. The van der Waals surface area contributed by atoms with E-state index in [9.17, 15) is 4.79 Å². The van der Waals surface area contributed by atoms with E-state index in [0.29, 0.717) is 11.6 Å². The first-order valence-corrected chi connectivity index (χ1v) is 11.0. The first-order valence-electron chi connectivity index (χ1n) is 11.0. The first-order chi connectivity index (χ1) is 14.6. The van der Waals surface area contributed by atoms with Crippen LogP contribution in [-0.4, -0.2) is 49.9 Å². The van der Waals surface area contributed by atoms with Crippen LogP contribution in [0.25, 0.3) is 11.3 Å². The molecule has 2 aromatic rings. The van der Waals surface area contributed by atoms with Crippen LogP contribution in [0.2, 0.25) is 0 Å². The van der Waals surface area contributed by atoms with Crippen molar-refractivity contribution < 1.29 is 14.3 Å². The number of nitrogens with zero attached hydrogens (tertiary/aromatic N) is 5. The maximum atomic E-state index is 12.4. The molecule has 0 radical (unpaired) electrons. The van der Waals surface area contributed by atoms with Gasteiger partial charge in [-0.3, -0.25) is 4.68 Å². The fourth-order valence-electron chi connectivity index (χ4n) is 4.39. The predicted octanol–water partition coefficient (Wildman–Crippen LogP) is 4.10. The summed E-state index contributed by atoms with van der Waals surface area (Å²) in [5, 5.41) is 4.32. The zero-order valence-corrected chi connectivity index (χ0v) is 17.9. The molecule has 30 heavy (non-hydrogen) atoms. The summed E-state index contributed by atoms with van der Waals surface area (Å²) in [6.45, 7) is 0.143. The molecule has 2 aromatic heterocycles. The number of amides is 1. The Labute approximate surface area is 177 Å². The third-order valence-corrected chi connectivity index (χ3v) is 6.30. The summed E-state index contributed by atoms with van der Waals surface area (Å²) in [5.41, 5.74) is 2.29. The lowest BCUT2D eigenvalue weighted by Gasteiger charge is -2.23. The summed E-state index contributed by atoms with van der Waals surface area (Å²) in [5.74, 6) is 0.556. The van der Waals surface area contributed by atoms with E-state index in [1.165, 1.54) is 32.1 Å². The first kappa shape index (κ1) is 20.6. The number of carbonyl (C=O) groups is 1. The summed E-state index contributed by atoms with van der Waals surface area (Å²) < 4.78 is 13.3. The van der Waals surface area contributed by atoms with E-state index in [0.717, 1.165) is 36.9 Å². The van der Waals surface area contributed by atoms with Crippen LogP contribution in [0.1, 0.15) is 63.5 Å². The van der Waals surface area contributed by atoms with Gasteiger partial charge in [0.2, 0.25) is 5.88 Å². The van der Waals surface area contributed by atoms with Crippen molar-refractivity contribution in [2.75, 3.05) is 7.05 Å². The van der Waals surface area contributed by atoms with Crippen LogP contribution in [0.4, 0.5) is 4.79 Å². The zero-order valence-electron chi connectivity index (χ0n) is 17.9. The highest BCUT2D eigenvalue weighted by Gasteiger charge is 2.25. The minimum Gasteiger partial charge on any atom is -0.473 e. The normalized spacial score (nSPS) is 17.8. The molecule has 1 amide bonds. The van der Waals surface area contributed by atoms with Crippen LogP contribution >= 0.6 is 0 Å². The van der Waals surface area contributed by atoms with Crippen molar-refractivity contribution in [3.05, 3.63) is 24.3 Å². The highest BCUT2D eigenvalue weighted by molar-refractivity contribution is 5.68. The molecule has 8 nitrogen and oxygen atoms in total. The molecule has 0 saturated heterocycles. The molecule has 162 valence electrons. The van der Waals surface area contributed by atoms with Crippen molar-refractivity contribution in [3.8, 4) is 17.1 Å². The van der Waals surface area contributed by atoms with Crippen LogP contribution in [0.5, 0.6) is 5.88 Å². The van der Waals surface area contributed by atoms with Crippen molar-refractivity contribution in [2.24, 2.45) is 7.05 Å². The van der Waals surface area contributed by atoms with Gasteiger partial charge in [0.15, 0.2) is 0 Å². The minimum atomic E-state index is -0.295. The number of rotatable bonds is 6. The Morgan fingerprint density at radius 3 is 2.50 bits per heavy atom. The molecule has 4 rings (SSSR count). The fraction of sp³-hybridized carbons (Fsp3) is 0.636.